The molecular formula is C19H34N6. The van der Waals surface area contributed by atoms with Crippen LogP contribution in [-0.4, -0.2) is 56.4 Å². The second kappa shape index (κ2) is 8.15. The second-order valence-corrected chi connectivity index (χ2v) is 7.66. The van der Waals surface area contributed by atoms with Gasteiger partial charge in [-0.2, -0.15) is 10.2 Å². The quantitative estimate of drug-likeness (QED) is 0.767. The lowest BCUT2D eigenvalue weighted by Crippen LogP contribution is -2.30. The molecule has 2 heterocycles. The van der Waals surface area contributed by atoms with E-state index in [1.165, 1.54) is 22.5 Å². The highest BCUT2D eigenvalue weighted by atomic mass is 15.2. The largest absolute Gasteiger partial charge is 0.297 e. The highest BCUT2D eigenvalue weighted by Gasteiger charge is 2.23. The molecule has 0 saturated heterocycles. The van der Waals surface area contributed by atoms with E-state index < -0.39 is 0 Å². The first-order chi connectivity index (χ1) is 11.7. The fraction of sp³-hybridized carbons (Fsp3) is 0.684. The predicted octanol–water partition coefficient (Wildman–Crippen LogP) is 3.53. The molecule has 2 N–H and O–H groups in total. The van der Waals surface area contributed by atoms with E-state index in [1.54, 1.807) is 0 Å². The van der Waals surface area contributed by atoms with E-state index >= 15 is 0 Å². The molecule has 2 aromatic rings. The van der Waals surface area contributed by atoms with Gasteiger partial charge in [-0.15, -0.1) is 0 Å². The van der Waals surface area contributed by atoms with Crippen LogP contribution in [0.4, 0.5) is 0 Å². The smallest absolute Gasteiger partial charge is 0.0556 e. The average molecular weight is 347 g/mol. The zero-order chi connectivity index (χ0) is 18.7. The number of rotatable bonds is 8. The van der Waals surface area contributed by atoms with E-state index in [0.717, 1.165) is 6.42 Å². The summed E-state index contributed by atoms with van der Waals surface area (Å²) in [4.78, 5) is 4.71. The van der Waals surface area contributed by atoms with Crippen molar-refractivity contribution in [2.45, 2.75) is 72.1 Å². The number of hydrogen-bond acceptors (Lipinski definition) is 4. The molecule has 2 aromatic heterocycles. The Labute approximate surface area is 152 Å². The number of nitrogens with zero attached hydrogens (tertiary/aromatic N) is 4. The predicted molar refractivity (Wildman–Crippen MR) is 103 cm³/mol. The third-order valence-electron chi connectivity index (χ3n) is 5.59. The standard InChI is InChI=1S/C19H34N6/c1-12(2)24(7)14(5)17-11-21-22-18(17)9-16-10-20-23-19(16)15(6)25(8)13(3)4/h10-15H,9H2,1-8H3,(H,20,23)(H,21,22). The van der Waals surface area contributed by atoms with Crippen LogP contribution in [0.1, 0.15) is 76.1 Å². The monoisotopic (exact) mass is 346 g/mol. The summed E-state index contributed by atoms with van der Waals surface area (Å²) in [6.07, 6.45) is 4.72. The van der Waals surface area contributed by atoms with Gasteiger partial charge in [-0.05, 0) is 55.6 Å². The second-order valence-electron chi connectivity index (χ2n) is 7.66. The van der Waals surface area contributed by atoms with E-state index in [-0.39, 0.29) is 0 Å². The fourth-order valence-corrected chi connectivity index (χ4v) is 3.16. The molecule has 25 heavy (non-hydrogen) atoms. The molecule has 0 radical (unpaired) electrons. The van der Waals surface area contributed by atoms with Crippen molar-refractivity contribution >= 4 is 0 Å². The summed E-state index contributed by atoms with van der Waals surface area (Å²) in [5, 5.41) is 15.0. The minimum atomic E-state index is 0.291. The molecule has 0 aromatic carbocycles. The van der Waals surface area contributed by atoms with Gasteiger partial charge in [-0.3, -0.25) is 20.0 Å². The normalized spacial score (nSPS) is 14.9. The Morgan fingerprint density at radius 1 is 0.840 bits per heavy atom. The molecule has 140 valence electrons. The van der Waals surface area contributed by atoms with E-state index in [9.17, 15) is 0 Å². The minimum Gasteiger partial charge on any atom is -0.297 e. The highest BCUT2D eigenvalue weighted by molar-refractivity contribution is 5.30. The van der Waals surface area contributed by atoms with Crippen molar-refractivity contribution in [1.29, 1.82) is 0 Å². The first kappa shape index (κ1) is 19.7. The Balaban J connectivity index is 2.23. The molecule has 6 nitrogen and oxygen atoms in total. The maximum atomic E-state index is 4.31. The molecule has 0 saturated carbocycles. The summed E-state index contributed by atoms with van der Waals surface area (Å²) in [6, 6.07) is 1.58. The molecule has 2 unspecified atom stereocenters. The van der Waals surface area contributed by atoms with Crippen LogP contribution in [0.3, 0.4) is 0 Å². The zero-order valence-electron chi connectivity index (χ0n) is 17.0. The maximum absolute atomic E-state index is 4.31. The van der Waals surface area contributed by atoms with Crippen LogP contribution in [0, 0.1) is 0 Å². The van der Waals surface area contributed by atoms with Gasteiger partial charge in [0.1, 0.15) is 0 Å². The molecule has 0 bridgehead atoms. The van der Waals surface area contributed by atoms with Crippen LogP contribution in [0.5, 0.6) is 0 Å². The van der Waals surface area contributed by atoms with E-state index in [4.69, 9.17) is 0 Å². The van der Waals surface area contributed by atoms with Gasteiger partial charge in [0.05, 0.1) is 18.1 Å². The Bertz CT molecular complexity index is 600. The van der Waals surface area contributed by atoms with Crippen molar-refractivity contribution in [3.8, 4) is 0 Å². The Kier molecular flexibility index (Phi) is 6.41. The third kappa shape index (κ3) is 4.30. The van der Waals surface area contributed by atoms with Gasteiger partial charge in [0.2, 0.25) is 0 Å². The van der Waals surface area contributed by atoms with Gasteiger partial charge in [0.15, 0.2) is 0 Å². The third-order valence-corrected chi connectivity index (χ3v) is 5.59. The van der Waals surface area contributed by atoms with Crippen LogP contribution < -0.4 is 0 Å². The molecule has 0 amide bonds. The van der Waals surface area contributed by atoms with Crippen molar-refractivity contribution in [2.75, 3.05) is 14.1 Å². The van der Waals surface area contributed by atoms with Crippen molar-refractivity contribution < 1.29 is 0 Å². The summed E-state index contributed by atoms with van der Waals surface area (Å²) in [7, 11) is 4.32. The minimum absolute atomic E-state index is 0.291. The topological polar surface area (TPSA) is 63.8 Å². The van der Waals surface area contributed by atoms with Gasteiger partial charge in [0.25, 0.3) is 0 Å². The summed E-state index contributed by atoms with van der Waals surface area (Å²) in [6.45, 7) is 13.3. The van der Waals surface area contributed by atoms with E-state index in [1.807, 2.05) is 12.4 Å². The van der Waals surface area contributed by atoms with Crippen molar-refractivity contribution in [3.63, 3.8) is 0 Å². The first-order valence-corrected chi connectivity index (χ1v) is 9.22. The lowest BCUT2D eigenvalue weighted by Gasteiger charge is -2.29. The van der Waals surface area contributed by atoms with Crippen LogP contribution in [0.25, 0.3) is 0 Å². The Morgan fingerprint density at radius 3 is 2.00 bits per heavy atom. The highest BCUT2D eigenvalue weighted by Crippen LogP contribution is 2.27. The van der Waals surface area contributed by atoms with Crippen molar-refractivity contribution in [3.05, 3.63) is 34.9 Å². The summed E-state index contributed by atoms with van der Waals surface area (Å²) in [5.41, 5.74) is 4.83. The molecule has 2 rings (SSSR count). The Hall–Kier alpha value is -1.66. The van der Waals surface area contributed by atoms with E-state index in [0.29, 0.717) is 24.2 Å². The van der Waals surface area contributed by atoms with Crippen LogP contribution in [0.2, 0.25) is 0 Å². The van der Waals surface area contributed by atoms with Crippen LogP contribution in [-0.2, 0) is 6.42 Å². The molecule has 2 atom stereocenters. The van der Waals surface area contributed by atoms with Crippen LogP contribution in [0.15, 0.2) is 12.4 Å². The molecule has 0 aliphatic heterocycles. The number of hydrogen-bond donors (Lipinski definition) is 2. The Morgan fingerprint density at radius 2 is 1.40 bits per heavy atom. The number of nitrogens with one attached hydrogen (secondary N) is 2. The molecular weight excluding hydrogens is 312 g/mol. The van der Waals surface area contributed by atoms with Gasteiger partial charge in [0, 0.05) is 47.4 Å². The SMILES string of the molecule is CC(C)N(C)C(C)c1cn[nH]c1Cc1cn[nH]c1C(C)N(C)C(C)C. The lowest BCUT2D eigenvalue weighted by molar-refractivity contribution is 0.205. The van der Waals surface area contributed by atoms with Gasteiger partial charge < -0.3 is 0 Å². The molecule has 0 spiro atoms. The van der Waals surface area contributed by atoms with Gasteiger partial charge in [-0.25, -0.2) is 0 Å². The zero-order valence-corrected chi connectivity index (χ0v) is 17.0. The summed E-state index contributed by atoms with van der Waals surface area (Å²) < 4.78 is 0. The number of aromatic nitrogens is 4. The number of H-pyrrole nitrogens is 2. The molecule has 6 heteroatoms. The summed E-state index contributed by atoms with van der Waals surface area (Å²) in [5.74, 6) is 0. The van der Waals surface area contributed by atoms with Crippen molar-refractivity contribution in [1.82, 2.24) is 30.2 Å². The first-order valence-electron chi connectivity index (χ1n) is 9.22. The maximum Gasteiger partial charge on any atom is 0.0556 e. The molecule has 0 aliphatic carbocycles. The lowest BCUT2D eigenvalue weighted by atomic mass is 10.00. The van der Waals surface area contributed by atoms with E-state index in [2.05, 4.69) is 85.8 Å². The molecule has 0 aliphatic rings. The molecule has 0 fully saturated rings. The van der Waals surface area contributed by atoms with Gasteiger partial charge in [-0.1, -0.05) is 0 Å². The van der Waals surface area contributed by atoms with Gasteiger partial charge >= 0.3 is 0 Å². The van der Waals surface area contributed by atoms with Crippen molar-refractivity contribution in [2.24, 2.45) is 0 Å². The number of aromatic amines is 2. The average Bonchev–Trinajstić information content (AvgIpc) is 3.21. The fourth-order valence-electron chi connectivity index (χ4n) is 3.16. The summed E-state index contributed by atoms with van der Waals surface area (Å²) >= 11 is 0. The van der Waals surface area contributed by atoms with Crippen LogP contribution >= 0.6 is 0 Å².